The maximum absolute atomic E-state index is 11.1. The van der Waals surface area contributed by atoms with Crippen molar-refractivity contribution < 1.29 is 38.0 Å². The average molecular weight is 497 g/mol. The molecule has 0 spiro atoms. The van der Waals surface area contributed by atoms with E-state index in [1.165, 1.54) is 0 Å². The van der Waals surface area contributed by atoms with E-state index in [0.29, 0.717) is 26.4 Å². The molecule has 0 N–H and O–H groups in total. The Balaban J connectivity index is 1.61. The van der Waals surface area contributed by atoms with Crippen LogP contribution in [0.1, 0.15) is 11.1 Å². The topological polar surface area (TPSA) is 89.5 Å². The predicted octanol–water partition coefficient (Wildman–Crippen LogP) is 3.74. The summed E-state index contributed by atoms with van der Waals surface area (Å²) in [6.07, 6.45) is 7.99. The Morgan fingerprint density at radius 1 is 0.667 bits per heavy atom. The van der Waals surface area contributed by atoms with Gasteiger partial charge in [0.15, 0.2) is 0 Å². The van der Waals surface area contributed by atoms with E-state index in [9.17, 15) is 9.59 Å². The number of allylic oxidation sites excluding steroid dienone is 2. The number of fused-ring (bicyclic) bond motifs is 2. The van der Waals surface area contributed by atoms with Crippen LogP contribution in [0, 0.1) is 0 Å². The first-order valence-electron chi connectivity index (χ1n) is 11.9. The van der Waals surface area contributed by atoms with Crippen molar-refractivity contribution in [3.63, 3.8) is 0 Å². The number of benzene rings is 2. The Kier molecular flexibility index (Phi) is 11.0. The van der Waals surface area contributed by atoms with Gasteiger partial charge in [-0.05, 0) is 12.8 Å². The SMILES string of the molecule is C=CC(=O)OCCOCCOc1c2c(c(OCCOCCOC(=O)C=C)c3ccccc13)CC=CC2. The van der Waals surface area contributed by atoms with Crippen LogP contribution in [0.2, 0.25) is 0 Å². The van der Waals surface area contributed by atoms with Gasteiger partial charge in [0.2, 0.25) is 0 Å². The van der Waals surface area contributed by atoms with Crippen molar-refractivity contribution >= 4 is 22.7 Å². The molecule has 0 radical (unpaired) electrons. The van der Waals surface area contributed by atoms with Crippen molar-refractivity contribution in [2.24, 2.45) is 0 Å². The van der Waals surface area contributed by atoms with Crippen molar-refractivity contribution in [3.8, 4) is 11.5 Å². The van der Waals surface area contributed by atoms with Gasteiger partial charge in [-0.2, -0.15) is 0 Å². The summed E-state index contributed by atoms with van der Waals surface area (Å²) >= 11 is 0. The second-order valence-corrected chi connectivity index (χ2v) is 7.71. The molecule has 192 valence electrons. The number of carbonyl (C=O) groups is 2. The quantitative estimate of drug-likeness (QED) is 0.150. The molecule has 8 heteroatoms. The van der Waals surface area contributed by atoms with Gasteiger partial charge in [0, 0.05) is 34.1 Å². The zero-order valence-electron chi connectivity index (χ0n) is 20.4. The second kappa shape index (κ2) is 14.7. The van der Waals surface area contributed by atoms with E-state index in [0.717, 1.165) is 58.4 Å². The number of ether oxygens (including phenoxy) is 6. The zero-order valence-corrected chi connectivity index (χ0v) is 20.4. The fourth-order valence-corrected chi connectivity index (χ4v) is 3.77. The van der Waals surface area contributed by atoms with Gasteiger partial charge in [0.05, 0.1) is 26.4 Å². The van der Waals surface area contributed by atoms with Gasteiger partial charge in [-0.1, -0.05) is 49.6 Å². The van der Waals surface area contributed by atoms with Crippen LogP contribution in [0.5, 0.6) is 11.5 Å². The van der Waals surface area contributed by atoms with E-state index in [4.69, 9.17) is 28.4 Å². The Morgan fingerprint density at radius 3 is 1.50 bits per heavy atom. The van der Waals surface area contributed by atoms with Crippen LogP contribution in [0.15, 0.2) is 61.7 Å². The summed E-state index contributed by atoms with van der Waals surface area (Å²) in [5, 5.41) is 1.94. The molecule has 0 heterocycles. The highest BCUT2D eigenvalue weighted by atomic mass is 16.6. The molecule has 0 saturated carbocycles. The number of esters is 2. The minimum Gasteiger partial charge on any atom is -0.490 e. The van der Waals surface area contributed by atoms with Gasteiger partial charge in [-0.3, -0.25) is 0 Å². The van der Waals surface area contributed by atoms with Crippen LogP contribution in [0.3, 0.4) is 0 Å². The molecule has 8 nitrogen and oxygen atoms in total. The second-order valence-electron chi connectivity index (χ2n) is 7.71. The minimum absolute atomic E-state index is 0.170. The predicted molar refractivity (Wildman–Crippen MR) is 135 cm³/mol. The molecule has 36 heavy (non-hydrogen) atoms. The Morgan fingerprint density at radius 2 is 1.08 bits per heavy atom. The first-order chi connectivity index (χ1) is 17.7. The lowest BCUT2D eigenvalue weighted by molar-refractivity contribution is -0.140. The maximum Gasteiger partial charge on any atom is 0.330 e. The molecule has 2 aromatic rings. The fourth-order valence-electron chi connectivity index (χ4n) is 3.77. The summed E-state index contributed by atoms with van der Waals surface area (Å²) < 4.78 is 33.3. The van der Waals surface area contributed by atoms with Crippen molar-refractivity contribution in [1.29, 1.82) is 0 Å². The first kappa shape index (κ1) is 27.0. The normalized spacial score (nSPS) is 12.0. The molecule has 2 aromatic carbocycles. The van der Waals surface area contributed by atoms with E-state index in [1.54, 1.807) is 0 Å². The molecule has 0 saturated heterocycles. The monoisotopic (exact) mass is 496 g/mol. The zero-order chi connectivity index (χ0) is 25.6. The highest BCUT2D eigenvalue weighted by Crippen LogP contribution is 2.43. The smallest absolute Gasteiger partial charge is 0.330 e. The van der Waals surface area contributed by atoms with Gasteiger partial charge in [0.25, 0.3) is 0 Å². The van der Waals surface area contributed by atoms with Gasteiger partial charge in [0.1, 0.15) is 37.9 Å². The molecule has 0 aromatic heterocycles. The van der Waals surface area contributed by atoms with Crippen LogP contribution in [0.4, 0.5) is 0 Å². The lowest BCUT2D eigenvalue weighted by Crippen LogP contribution is -2.15. The van der Waals surface area contributed by atoms with Crippen molar-refractivity contribution in [1.82, 2.24) is 0 Å². The molecular weight excluding hydrogens is 464 g/mol. The van der Waals surface area contributed by atoms with Crippen molar-refractivity contribution in [2.75, 3.05) is 52.9 Å². The van der Waals surface area contributed by atoms with E-state index >= 15 is 0 Å². The van der Waals surface area contributed by atoms with Crippen LogP contribution in [0.25, 0.3) is 10.8 Å². The van der Waals surface area contributed by atoms with Crippen molar-refractivity contribution in [3.05, 3.63) is 72.9 Å². The summed E-state index contributed by atoms with van der Waals surface area (Å²) in [6, 6.07) is 8.00. The number of hydrogen-bond donors (Lipinski definition) is 0. The Labute approximate surface area is 211 Å². The third-order valence-electron chi connectivity index (χ3n) is 5.36. The molecule has 0 fully saturated rings. The number of carbonyl (C=O) groups excluding carboxylic acids is 2. The van der Waals surface area contributed by atoms with Crippen LogP contribution in [-0.2, 0) is 41.4 Å². The summed E-state index contributed by atoms with van der Waals surface area (Å²) in [4.78, 5) is 22.1. The molecule has 0 bridgehead atoms. The molecule has 0 unspecified atom stereocenters. The maximum atomic E-state index is 11.1. The van der Waals surface area contributed by atoms with Crippen LogP contribution >= 0.6 is 0 Å². The molecule has 0 atom stereocenters. The van der Waals surface area contributed by atoms with E-state index < -0.39 is 11.9 Å². The molecule has 3 rings (SSSR count). The number of hydrogen-bond acceptors (Lipinski definition) is 8. The van der Waals surface area contributed by atoms with Gasteiger partial charge in [-0.25, -0.2) is 9.59 Å². The van der Waals surface area contributed by atoms with Gasteiger partial charge in [-0.15, -0.1) is 0 Å². The minimum atomic E-state index is -0.469. The largest absolute Gasteiger partial charge is 0.490 e. The third kappa shape index (κ3) is 7.69. The lowest BCUT2D eigenvalue weighted by atomic mass is 9.90. The molecule has 0 aliphatic heterocycles. The van der Waals surface area contributed by atoms with Crippen LogP contribution < -0.4 is 9.47 Å². The third-order valence-corrected chi connectivity index (χ3v) is 5.36. The van der Waals surface area contributed by atoms with Crippen molar-refractivity contribution in [2.45, 2.75) is 12.8 Å². The molecule has 1 aliphatic carbocycles. The van der Waals surface area contributed by atoms with E-state index in [2.05, 4.69) is 25.3 Å². The van der Waals surface area contributed by atoms with Gasteiger partial charge < -0.3 is 28.4 Å². The highest BCUT2D eigenvalue weighted by Gasteiger charge is 2.22. The van der Waals surface area contributed by atoms with E-state index in [1.807, 2.05) is 24.3 Å². The van der Waals surface area contributed by atoms with E-state index in [-0.39, 0.29) is 26.4 Å². The van der Waals surface area contributed by atoms with Crippen LogP contribution in [-0.4, -0.2) is 64.8 Å². The molecule has 0 amide bonds. The summed E-state index contributed by atoms with van der Waals surface area (Å²) in [6.45, 7) is 9.08. The average Bonchev–Trinajstić information content (AvgIpc) is 2.92. The highest BCUT2D eigenvalue weighted by molar-refractivity contribution is 5.96. The summed E-state index contributed by atoms with van der Waals surface area (Å²) in [5.41, 5.74) is 2.20. The summed E-state index contributed by atoms with van der Waals surface area (Å²) in [5.74, 6) is 0.728. The molecular formula is C28H32O8. The fraction of sp³-hybridized carbons (Fsp3) is 0.357. The lowest BCUT2D eigenvalue weighted by Gasteiger charge is -2.23. The van der Waals surface area contributed by atoms with Gasteiger partial charge >= 0.3 is 11.9 Å². The molecule has 1 aliphatic rings. The number of rotatable bonds is 16. The Bertz CT molecular complexity index is 1000. The first-order valence-corrected chi connectivity index (χ1v) is 11.9. The Hall–Kier alpha value is -3.62. The standard InChI is InChI=1S/C28H32O8/c1-3-25(29)33-17-13-31-15-19-35-27-21-9-5-7-11-23(21)28(24-12-8-6-10-22(24)27)36-20-16-32-14-18-34-26(30)4-2/h3-9,11H,1-2,10,12-20H2. The summed E-state index contributed by atoms with van der Waals surface area (Å²) in [7, 11) is 0.